The van der Waals surface area contributed by atoms with E-state index < -0.39 is 0 Å². The topological polar surface area (TPSA) is 6.48 Å². The van der Waals surface area contributed by atoms with E-state index in [2.05, 4.69) is 240 Å². The number of nitrogens with zero attached hydrogens (tertiary/aromatic N) is 2. The Balaban J connectivity index is 1.35. The van der Waals surface area contributed by atoms with Gasteiger partial charge in [-0.15, -0.1) is 0 Å². The molecule has 6 aromatic carbocycles. The average molecular weight is 853 g/mol. The third kappa shape index (κ3) is 7.15. The van der Waals surface area contributed by atoms with Crippen molar-refractivity contribution in [2.45, 2.75) is 143 Å². The van der Waals surface area contributed by atoms with Gasteiger partial charge in [-0.1, -0.05) is 181 Å². The summed E-state index contributed by atoms with van der Waals surface area (Å²) >= 11 is 0. The molecule has 4 aliphatic rings. The van der Waals surface area contributed by atoms with Gasteiger partial charge in [-0.2, -0.15) is 0 Å². The van der Waals surface area contributed by atoms with E-state index in [4.69, 9.17) is 0 Å². The van der Waals surface area contributed by atoms with Crippen LogP contribution in [0.1, 0.15) is 148 Å². The van der Waals surface area contributed by atoms with Gasteiger partial charge in [0.1, 0.15) is 0 Å². The van der Waals surface area contributed by atoms with Crippen molar-refractivity contribution in [3.63, 3.8) is 0 Å². The molecule has 0 saturated heterocycles. The van der Waals surface area contributed by atoms with Crippen LogP contribution in [0, 0.1) is 6.92 Å². The highest BCUT2D eigenvalue weighted by Gasteiger charge is 2.49. The van der Waals surface area contributed by atoms with E-state index in [1.807, 2.05) is 0 Å². The highest BCUT2D eigenvalue weighted by Crippen LogP contribution is 2.54. The Kier molecular flexibility index (Phi) is 9.83. The van der Waals surface area contributed by atoms with Crippen LogP contribution in [0.5, 0.6) is 0 Å². The lowest BCUT2D eigenvalue weighted by Gasteiger charge is -2.46. The summed E-state index contributed by atoms with van der Waals surface area (Å²) in [6.45, 7) is 33.5. The van der Waals surface area contributed by atoms with E-state index in [0.717, 1.165) is 12.8 Å². The molecular weight excluding hydrogens is 784 g/mol. The summed E-state index contributed by atoms with van der Waals surface area (Å²) in [5.41, 5.74) is 23.9. The summed E-state index contributed by atoms with van der Waals surface area (Å²) in [5, 5.41) is 0. The normalized spacial score (nSPS) is 18.1. The maximum Gasteiger partial charge on any atom is 0.252 e. The molecule has 0 spiro atoms. The molecule has 0 radical (unpaired) electrons. The summed E-state index contributed by atoms with van der Waals surface area (Å²) < 4.78 is 0. The molecular formula is C62H69BN2. The van der Waals surface area contributed by atoms with E-state index >= 15 is 0 Å². The van der Waals surface area contributed by atoms with E-state index in [-0.39, 0.29) is 33.8 Å². The molecule has 2 aliphatic heterocycles. The zero-order chi connectivity index (χ0) is 46.2. The van der Waals surface area contributed by atoms with Crippen LogP contribution in [0.15, 0.2) is 133 Å². The molecule has 6 aromatic rings. The van der Waals surface area contributed by atoms with E-state index in [9.17, 15) is 0 Å². The lowest BCUT2D eigenvalue weighted by Crippen LogP contribution is -2.62. The Morgan fingerprint density at radius 2 is 1.09 bits per heavy atom. The first kappa shape index (κ1) is 43.4. The van der Waals surface area contributed by atoms with Crippen molar-refractivity contribution >= 4 is 57.2 Å². The minimum atomic E-state index is -0.114. The number of hydrogen-bond acceptors (Lipinski definition) is 2. The Hall–Kier alpha value is -5.54. The van der Waals surface area contributed by atoms with Crippen molar-refractivity contribution < 1.29 is 0 Å². The van der Waals surface area contributed by atoms with Crippen LogP contribution in [-0.2, 0) is 27.1 Å². The second-order valence-electron chi connectivity index (χ2n) is 24.3. The van der Waals surface area contributed by atoms with Gasteiger partial charge in [0.05, 0.1) is 5.69 Å². The SMILES string of the molecule is Cc1cc(C2C=CC=CC2)ccc1N1c2ccc(C(C)(C)C)cc2B2c3cc4c(cc3N(c3ccc(C(C)(C)C)cc3-c3ccccc3)c3cc(C(C)(C)C)cc1c32)C(C)(C)CC4(C)C. The first-order valence-electron chi connectivity index (χ1n) is 24.3. The van der Waals surface area contributed by atoms with Gasteiger partial charge in [0.2, 0.25) is 0 Å². The molecule has 0 amide bonds. The third-order valence-electron chi connectivity index (χ3n) is 15.3. The molecule has 0 bridgehead atoms. The second-order valence-corrected chi connectivity index (χ2v) is 24.3. The maximum absolute atomic E-state index is 2.70. The van der Waals surface area contributed by atoms with Crippen LogP contribution in [0.4, 0.5) is 34.1 Å². The molecule has 65 heavy (non-hydrogen) atoms. The summed E-state index contributed by atoms with van der Waals surface area (Å²) in [6, 6.07) is 43.6. The van der Waals surface area contributed by atoms with Crippen molar-refractivity contribution in [1.82, 2.24) is 0 Å². The monoisotopic (exact) mass is 853 g/mol. The zero-order valence-electron chi connectivity index (χ0n) is 41.7. The first-order valence-corrected chi connectivity index (χ1v) is 24.3. The molecule has 1 unspecified atom stereocenters. The number of hydrogen-bond donors (Lipinski definition) is 0. The van der Waals surface area contributed by atoms with Gasteiger partial charge in [-0.25, -0.2) is 0 Å². The molecule has 0 saturated carbocycles. The molecule has 2 aliphatic carbocycles. The summed E-state index contributed by atoms with van der Waals surface area (Å²) in [6.07, 6.45) is 11.2. The minimum Gasteiger partial charge on any atom is -0.311 e. The molecule has 0 fully saturated rings. The lowest BCUT2D eigenvalue weighted by atomic mass is 9.33. The average Bonchev–Trinajstić information content (AvgIpc) is 3.43. The van der Waals surface area contributed by atoms with Gasteiger partial charge in [0, 0.05) is 39.9 Å². The zero-order valence-corrected chi connectivity index (χ0v) is 41.7. The van der Waals surface area contributed by atoms with Crippen molar-refractivity contribution in [2.75, 3.05) is 9.80 Å². The summed E-state index contributed by atoms with van der Waals surface area (Å²) in [7, 11) is 0. The Labute approximate surface area is 391 Å². The van der Waals surface area contributed by atoms with Gasteiger partial charge in [0.25, 0.3) is 6.71 Å². The molecule has 0 N–H and O–H groups in total. The van der Waals surface area contributed by atoms with Gasteiger partial charge in [0.15, 0.2) is 0 Å². The third-order valence-corrected chi connectivity index (χ3v) is 15.3. The summed E-state index contributed by atoms with van der Waals surface area (Å²) in [5.74, 6) is 0.390. The van der Waals surface area contributed by atoms with Gasteiger partial charge >= 0.3 is 0 Å². The number of allylic oxidation sites excluding steroid dienone is 4. The predicted molar refractivity (Wildman–Crippen MR) is 283 cm³/mol. The van der Waals surface area contributed by atoms with E-state index in [1.54, 1.807) is 0 Å². The molecule has 3 heteroatoms. The number of anilines is 6. The largest absolute Gasteiger partial charge is 0.311 e. The van der Waals surface area contributed by atoms with Crippen molar-refractivity contribution in [1.29, 1.82) is 0 Å². The first-order chi connectivity index (χ1) is 30.5. The predicted octanol–water partition coefficient (Wildman–Crippen LogP) is 15.2. The van der Waals surface area contributed by atoms with Crippen molar-refractivity contribution in [2.24, 2.45) is 0 Å². The Morgan fingerprint density at radius 1 is 0.523 bits per heavy atom. The number of rotatable bonds is 4. The van der Waals surface area contributed by atoms with Crippen molar-refractivity contribution in [3.05, 3.63) is 172 Å². The van der Waals surface area contributed by atoms with Crippen LogP contribution in [0.2, 0.25) is 0 Å². The minimum absolute atomic E-state index is 0.0128. The van der Waals surface area contributed by atoms with Crippen LogP contribution >= 0.6 is 0 Å². The standard InChI is InChI=1S/C62H69BN2/c1-39-31-42(40-21-17-15-18-22-40)25-28-51(39)64-53-30-27-44(59(5,6)7)33-49(53)63-50-36-47-48(62(13,14)38-61(47,11)12)37-54(50)65(56-35-45(60(8,9)10)34-55(64)57(56)63)52-29-26-43(58(2,3)4)32-46(52)41-23-19-16-20-24-41/h15-21,23-37,40H,22,38H2,1-14H3. The molecule has 1 atom stereocenters. The quantitative estimate of drug-likeness (QED) is 0.163. The Bertz CT molecular complexity index is 2960. The lowest BCUT2D eigenvalue weighted by molar-refractivity contribution is 0.403. The number of benzene rings is 6. The van der Waals surface area contributed by atoms with Gasteiger partial charge in [-0.05, 0) is 150 Å². The van der Waals surface area contributed by atoms with Crippen LogP contribution in [0.25, 0.3) is 11.1 Å². The van der Waals surface area contributed by atoms with Crippen LogP contribution in [0.3, 0.4) is 0 Å². The number of aryl methyl sites for hydroxylation is 1. The molecule has 10 rings (SSSR count). The van der Waals surface area contributed by atoms with Crippen LogP contribution < -0.4 is 26.2 Å². The smallest absolute Gasteiger partial charge is 0.252 e. The Morgan fingerprint density at radius 3 is 1.69 bits per heavy atom. The molecule has 2 nitrogen and oxygen atoms in total. The fourth-order valence-electron chi connectivity index (χ4n) is 11.9. The van der Waals surface area contributed by atoms with E-state index in [0.29, 0.717) is 5.92 Å². The fraction of sp³-hybridized carbons (Fsp3) is 0.355. The highest BCUT2D eigenvalue weighted by molar-refractivity contribution is 7.00. The summed E-state index contributed by atoms with van der Waals surface area (Å²) in [4.78, 5) is 5.35. The highest BCUT2D eigenvalue weighted by atomic mass is 15.2. The van der Waals surface area contributed by atoms with Gasteiger partial charge in [-0.3, -0.25) is 0 Å². The molecule has 2 heterocycles. The van der Waals surface area contributed by atoms with E-state index in [1.165, 1.54) is 101 Å². The second kappa shape index (κ2) is 14.7. The molecule has 330 valence electrons. The van der Waals surface area contributed by atoms with Crippen LogP contribution in [-0.4, -0.2) is 6.71 Å². The number of fused-ring (bicyclic) bond motifs is 5. The maximum atomic E-state index is 2.70. The van der Waals surface area contributed by atoms with Gasteiger partial charge < -0.3 is 9.80 Å². The fourth-order valence-corrected chi connectivity index (χ4v) is 11.9. The molecule has 0 aromatic heterocycles. The van der Waals surface area contributed by atoms with Crippen molar-refractivity contribution in [3.8, 4) is 11.1 Å².